The molecule has 0 unspecified atom stereocenters. The van der Waals surface area contributed by atoms with Crippen molar-refractivity contribution in [3.05, 3.63) is 45.6 Å². The molecule has 0 bridgehead atoms. The number of nitro groups is 1. The number of hydrogen-bond acceptors (Lipinski definition) is 5. The normalized spacial score (nSPS) is 10.3. The van der Waals surface area contributed by atoms with Crippen LogP contribution >= 0.6 is 0 Å². The molecule has 92 valence electrons. The Hall–Kier alpha value is -2.70. The number of aromatic carboxylic acids is 1. The zero-order chi connectivity index (χ0) is 13.3. The average Bonchev–Trinajstić information content (AvgIpc) is 2.71. The largest absolute Gasteiger partial charge is 0.477 e. The fourth-order valence-corrected chi connectivity index (χ4v) is 1.55. The van der Waals surface area contributed by atoms with Crippen LogP contribution in [0.2, 0.25) is 0 Å². The zero-order valence-corrected chi connectivity index (χ0v) is 9.28. The molecule has 7 heteroatoms. The summed E-state index contributed by atoms with van der Waals surface area (Å²) < 4.78 is 4.94. The van der Waals surface area contributed by atoms with Gasteiger partial charge < -0.3 is 9.63 Å². The smallest absolute Gasteiger partial charge is 0.341 e. The van der Waals surface area contributed by atoms with Crippen LogP contribution in [-0.4, -0.2) is 21.2 Å². The molecule has 18 heavy (non-hydrogen) atoms. The Morgan fingerprint density at radius 1 is 1.39 bits per heavy atom. The predicted octanol–water partition coefficient (Wildman–Crippen LogP) is 2.26. The highest BCUT2D eigenvalue weighted by Crippen LogP contribution is 2.27. The van der Waals surface area contributed by atoms with Crippen LogP contribution in [0.1, 0.15) is 16.1 Å². The summed E-state index contributed by atoms with van der Waals surface area (Å²) in [6.07, 6.45) is 0. The van der Waals surface area contributed by atoms with Crippen molar-refractivity contribution in [2.45, 2.75) is 6.92 Å². The number of non-ortho nitro benzene ring substituents is 1. The van der Waals surface area contributed by atoms with Gasteiger partial charge in [-0.15, -0.1) is 0 Å². The Labute approximate surface area is 101 Å². The maximum atomic E-state index is 11.0. The molecular weight excluding hydrogens is 240 g/mol. The number of hydrogen-bond donors (Lipinski definition) is 1. The molecule has 0 radical (unpaired) electrons. The van der Waals surface area contributed by atoms with Crippen LogP contribution in [0.3, 0.4) is 0 Å². The zero-order valence-electron chi connectivity index (χ0n) is 9.28. The van der Waals surface area contributed by atoms with E-state index in [1.807, 2.05) is 0 Å². The van der Waals surface area contributed by atoms with E-state index in [0.717, 1.165) is 0 Å². The van der Waals surface area contributed by atoms with Gasteiger partial charge in [-0.3, -0.25) is 10.1 Å². The SMILES string of the molecule is Cc1noc(-c2ccc([N+](=O)[O-])cc2)c1C(=O)O. The average molecular weight is 248 g/mol. The summed E-state index contributed by atoms with van der Waals surface area (Å²) in [6.45, 7) is 1.52. The number of aromatic nitrogens is 1. The molecule has 0 aliphatic carbocycles. The van der Waals surface area contributed by atoms with Crippen LogP contribution in [0.15, 0.2) is 28.8 Å². The van der Waals surface area contributed by atoms with E-state index in [2.05, 4.69) is 5.16 Å². The molecule has 1 aromatic heterocycles. The fraction of sp³-hybridized carbons (Fsp3) is 0.0909. The number of nitrogens with zero attached hydrogens (tertiary/aromatic N) is 2. The fourth-order valence-electron chi connectivity index (χ4n) is 1.55. The highest BCUT2D eigenvalue weighted by Gasteiger charge is 2.21. The lowest BCUT2D eigenvalue weighted by atomic mass is 10.1. The summed E-state index contributed by atoms with van der Waals surface area (Å²) in [5.74, 6) is -1.06. The number of carboxylic acids is 1. The molecular formula is C11H8N2O5. The van der Waals surface area contributed by atoms with Crippen molar-refractivity contribution in [1.29, 1.82) is 0 Å². The van der Waals surface area contributed by atoms with Crippen LogP contribution < -0.4 is 0 Å². The second-order valence-electron chi connectivity index (χ2n) is 3.58. The van der Waals surface area contributed by atoms with Crippen molar-refractivity contribution in [2.24, 2.45) is 0 Å². The van der Waals surface area contributed by atoms with Crippen LogP contribution in [0.4, 0.5) is 5.69 Å². The molecule has 0 atom stereocenters. The molecule has 0 aliphatic heterocycles. The quantitative estimate of drug-likeness (QED) is 0.659. The molecule has 1 aromatic carbocycles. The number of carbonyl (C=O) groups is 1. The first-order valence-corrected chi connectivity index (χ1v) is 4.95. The number of aryl methyl sites for hydroxylation is 1. The second kappa shape index (κ2) is 4.28. The third kappa shape index (κ3) is 1.93. The van der Waals surface area contributed by atoms with Gasteiger partial charge in [0.15, 0.2) is 5.76 Å². The van der Waals surface area contributed by atoms with E-state index in [1.54, 1.807) is 0 Å². The van der Waals surface area contributed by atoms with Gasteiger partial charge in [-0.25, -0.2) is 4.79 Å². The molecule has 0 fully saturated rings. The van der Waals surface area contributed by atoms with Gasteiger partial charge in [0.2, 0.25) is 0 Å². The van der Waals surface area contributed by atoms with Crippen molar-refractivity contribution in [3.63, 3.8) is 0 Å². The van der Waals surface area contributed by atoms with E-state index in [1.165, 1.54) is 31.2 Å². The van der Waals surface area contributed by atoms with Gasteiger partial charge >= 0.3 is 5.97 Å². The van der Waals surface area contributed by atoms with Crippen LogP contribution in [-0.2, 0) is 0 Å². The first-order valence-electron chi connectivity index (χ1n) is 4.95. The maximum Gasteiger partial charge on any atom is 0.341 e. The standard InChI is InChI=1S/C11H8N2O5/c1-6-9(11(14)15)10(18-12-6)7-2-4-8(5-3-7)13(16)17/h2-5H,1H3,(H,14,15). The van der Waals surface area contributed by atoms with Gasteiger partial charge in [0, 0.05) is 17.7 Å². The Kier molecular flexibility index (Phi) is 2.80. The van der Waals surface area contributed by atoms with Gasteiger partial charge in [-0.1, -0.05) is 5.16 Å². The van der Waals surface area contributed by atoms with Crippen molar-refractivity contribution in [2.75, 3.05) is 0 Å². The summed E-state index contributed by atoms with van der Waals surface area (Å²) in [4.78, 5) is 21.0. The molecule has 7 nitrogen and oxygen atoms in total. The minimum atomic E-state index is -1.15. The number of benzene rings is 1. The molecule has 0 aliphatic rings. The Morgan fingerprint density at radius 2 is 2.00 bits per heavy atom. The molecule has 0 spiro atoms. The summed E-state index contributed by atoms with van der Waals surface area (Å²) in [5.41, 5.74) is 0.574. The molecule has 1 heterocycles. The summed E-state index contributed by atoms with van der Waals surface area (Å²) in [5, 5.41) is 23.1. The van der Waals surface area contributed by atoms with E-state index < -0.39 is 10.9 Å². The third-order valence-corrected chi connectivity index (χ3v) is 2.42. The van der Waals surface area contributed by atoms with Crippen molar-refractivity contribution in [3.8, 4) is 11.3 Å². The first-order chi connectivity index (χ1) is 8.50. The van der Waals surface area contributed by atoms with Crippen LogP contribution in [0, 0.1) is 17.0 Å². The molecule has 2 rings (SSSR count). The lowest BCUT2D eigenvalue weighted by molar-refractivity contribution is -0.384. The molecule has 2 aromatic rings. The summed E-state index contributed by atoms with van der Waals surface area (Å²) in [6, 6.07) is 5.40. The van der Waals surface area contributed by atoms with Gasteiger partial charge in [0.05, 0.1) is 10.6 Å². The summed E-state index contributed by atoms with van der Waals surface area (Å²) in [7, 11) is 0. The molecule has 1 N–H and O–H groups in total. The Bertz CT molecular complexity index is 615. The minimum Gasteiger partial charge on any atom is -0.477 e. The van der Waals surface area contributed by atoms with Crippen LogP contribution in [0.5, 0.6) is 0 Å². The topological polar surface area (TPSA) is 106 Å². The highest BCUT2D eigenvalue weighted by atomic mass is 16.6. The van der Waals surface area contributed by atoms with E-state index in [9.17, 15) is 14.9 Å². The molecule has 0 amide bonds. The first kappa shape index (κ1) is 11.8. The van der Waals surface area contributed by atoms with Gasteiger partial charge in [0.25, 0.3) is 5.69 Å². The summed E-state index contributed by atoms with van der Waals surface area (Å²) >= 11 is 0. The lowest BCUT2D eigenvalue weighted by Crippen LogP contribution is -1.99. The van der Waals surface area contributed by atoms with Crippen molar-refractivity contribution in [1.82, 2.24) is 5.16 Å². The van der Waals surface area contributed by atoms with E-state index in [-0.39, 0.29) is 22.7 Å². The minimum absolute atomic E-state index is 0.0381. The maximum absolute atomic E-state index is 11.0. The number of nitro benzene ring substituents is 1. The Balaban J connectivity index is 2.49. The van der Waals surface area contributed by atoms with E-state index in [4.69, 9.17) is 9.63 Å². The lowest BCUT2D eigenvalue weighted by Gasteiger charge is -1.98. The van der Waals surface area contributed by atoms with Gasteiger partial charge in [-0.2, -0.15) is 0 Å². The monoisotopic (exact) mass is 248 g/mol. The van der Waals surface area contributed by atoms with E-state index >= 15 is 0 Å². The van der Waals surface area contributed by atoms with Gasteiger partial charge in [-0.05, 0) is 19.1 Å². The highest BCUT2D eigenvalue weighted by molar-refractivity contribution is 5.95. The Morgan fingerprint density at radius 3 is 2.50 bits per heavy atom. The van der Waals surface area contributed by atoms with Crippen LogP contribution in [0.25, 0.3) is 11.3 Å². The van der Waals surface area contributed by atoms with Gasteiger partial charge in [0.1, 0.15) is 5.56 Å². The third-order valence-electron chi connectivity index (χ3n) is 2.42. The number of carboxylic acid groups (broad SMARTS) is 1. The van der Waals surface area contributed by atoms with Crippen molar-refractivity contribution < 1.29 is 19.3 Å². The van der Waals surface area contributed by atoms with Crippen molar-refractivity contribution >= 4 is 11.7 Å². The number of rotatable bonds is 3. The molecule has 0 saturated carbocycles. The molecule has 0 saturated heterocycles. The predicted molar refractivity (Wildman–Crippen MR) is 60.3 cm³/mol. The van der Waals surface area contributed by atoms with E-state index in [0.29, 0.717) is 5.56 Å². The second-order valence-corrected chi connectivity index (χ2v) is 3.58.